The van der Waals surface area contributed by atoms with Gasteiger partial charge in [-0.1, -0.05) is 0 Å². The van der Waals surface area contributed by atoms with Gasteiger partial charge in [-0.05, 0) is 13.0 Å². The Morgan fingerprint density at radius 3 is 2.73 bits per heavy atom. The van der Waals surface area contributed by atoms with Gasteiger partial charge in [0, 0.05) is 38.1 Å². The summed E-state index contributed by atoms with van der Waals surface area (Å²) < 4.78 is 3.22. The number of rotatable bonds is 6. The van der Waals surface area contributed by atoms with Crippen molar-refractivity contribution in [2.75, 3.05) is 7.05 Å². The van der Waals surface area contributed by atoms with Crippen LogP contribution in [0.15, 0.2) is 18.5 Å². The highest BCUT2D eigenvalue weighted by atomic mass is 16.4. The number of aliphatic carboxylic acids is 1. The summed E-state index contributed by atoms with van der Waals surface area (Å²) in [5.74, 6) is -1.11. The van der Waals surface area contributed by atoms with E-state index in [2.05, 4.69) is 10.2 Å². The van der Waals surface area contributed by atoms with Crippen molar-refractivity contribution in [3.63, 3.8) is 0 Å². The molecule has 2 aromatic rings. The molecule has 1 amide bonds. The molecule has 118 valence electrons. The maximum absolute atomic E-state index is 12.3. The first-order valence-corrected chi connectivity index (χ1v) is 6.86. The molecule has 0 spiro atoms. The van der Waals surface area contributed by atoms with Gasteiger partial charge in [-0.15, -0.1) is 0 Å². The molecule has 0 saturated heterocycles. The van der Waals surface area contributed by atoms with E-state index in [-0.39, 0.29) is 18.9 Å². The van der Waals surface area contributed by atoms with Crippen LogP contribution in [0.5, 0.6) is 0 Å². The molecule has 0 radical (unpaired) electrons. The van der Waals surface area contributed by atoms with E-state index in [1.165, 1.54) is 4.68 Å². The minimum absolute atomic E-state index is 0.0277. The summed E-state index contributed by atoms with van der Waals surface area (Å²) in [6.07, 6.45) is 3.32. The van der Waals surface area contributed by atoms with Crippen molar-refractivity contribution in [3.8, 4) is 0 Å². The molecule has 8 nitrogen and oxygen atoms in total. The zero-order valence-electron chi connectivity index (χ0n) is 12.9. The lowest BCUT2D eigenvalue weighted by atomic mass is 10.2. The van der Waals surface area contributed by atoms with Gasteiger partial charge in [0.2, 0.25) is 0 Å². The summed E-state index contributed by atoms with van der Waals surface area (Å²) in [6.45, 7) is 2.63. The molecule has 0 fully saturated rings. The predicted molar refractivity (Wildman–Crippen MR) is 78.2 cm³/mol. The van der Waals surface area contributed by atoms with E-state index in [4.69, 9.17) is 5.11 Å². The Hall–Kier alpha value is -2.64. The molecule has 8 heteroatoms. The second kappa shape index (κ2) is 6.42. The fourth-order valence-electron chi connectivity index (χ4n) is 2.03. The van der Waals surface area contributed by atoms with Crippen LogP contribution in [0.25, 0.3) is 0 Å². The third-order valence-corrected chi connectivity index (χ3v) is 3.51. The van der Waals surface area contributed by atoms with E-state index < -0.39 is 5.97 Å². The van der Waals surface area contributed by atoms with Crippen molar-refractivity contribution in [1.29, 1.82) is 0 Å². The molecule has 2 heterocycles. The molecule has 0 saturated carbocycles. The highest BCUT2D eigenvalue weighted by Crippen LogP contribution is 2.10. The molecule has 22 heavy (non-hydrogen) atoms. The highest BCUT2D eigenvalue weighted by molar-refractivity contribution is 5.92. The van der Waals surface area contributed by atoms with Gasteiger partial charge in [-0.2, -0.15) is 10.2 Å². The van der Waals surface area contributed by atoms with Gasteiger partial charge in [-0.3, -0.25) is 19.0 Å². The minimum atomic E-state index is -0.896. The van der Waals surface area contributed by atoms with Crippen LogP contribution in [-0.2, 0) is 24.9 Å². The number of carboxylic acid groups (broad SMARTS) is 1. The second-order valence-electron chi connectivity index (χ2n) is 5.15. The van der Waals surface area contributed by atoms with Crippen LogP contribution < -0.4 is 0 Å². The SMILES string of the molecule is Cc1c(CN(C)C(=O)c2ccn(CCC(=O)O)n2)cnn1C. The van der Waals surface area contributed by atoms with Gasteiger partial charge in [0.25, 0.3) is 5.91 Å². The van der Waals surface area contributed by atoms with E-state index in [1.807, 2.05) is 14.0 Å². The Bertz CT molecular complexity index is 688. The van der Waals surface area contributed by atoms with Gasteiger partial charge in [0.05, 0.1) is 19.2 Å². The van der Waals surface area contributed by atoms with Gasteiger partial charge in [-0.25, -0.2) is 0 Å². The maximum Gasteiger partial charge on any atom is 0.305 e. The van der Waals surface area contributed by atoms with Crippen LogP contribution in [0, 0.1) is 6.92 Å². The average molecular weight is 305 g/mol. The Morgan fingerprint density at radius 2 is 2.14 bits per heavy atom. The van der Waals surface area contributed by atoms with E-state index in [0.29, 0.717) is 12.2 Å². The molecular weight excluding hydrogens is 286 g/mol. The fourth-order valence-corrected chi connectivity index (χ4v) is 2.03. The lowest BCUT2D eigenvalue weighted by Crippen LogP contribution is -2.27. The Kier molecular flexibility index (Phi) is 4.59. The predicted octanol–water partition coefficient (Wildman–Crippen LogP) is 0.672. The number of aromatic nitrogens is 4. The summed E-state index contributed by atoms with van der Waals surface area (Å²) in [6, 6.07) is 1.59. The van der Waals surface area contributed by atoms with Crippen LogP contribution in [0.3, 0.4) is 0 Å². The van der Waals surface area contributed by atoms with E-state index in [9.17, 15) is 9.59 Å². The molecule has 0 atom stereocenters. The first-order valence-electron chi connectivity index (χ1n) is 6.86. The zero-order valence-corrected chi connectivity index (χ0v) is 12.9. The summed E-state index contributed by atoms with van der Waals surface area (Å²) in [4.78, 5) is 24.4. The number of carbonyl (C=O) groups is 2. The summed E-state index contributed by atoms with van der Waals surface area (Å²) >= 11 is 0. The van der Waals surface area contributed by atoms with Crippen LogP contribution in [-0.4, -0.2) is 48.5 Å². The molecular formula is C14H19N5O3. The van der Waals surface area contributed by atoms with E-state index >= 15 is 0 Å². The van der Waals surface area contributed by atoms with Crippen LogP contribution >= 0.6 is 0 Å². The normalized spacial score (nSPS) is 10.7. The lowest BCUT2D eigenvalue weighted by Gasteiger charge is -2.15. The molecule has 0 bridgehead atoms. The Balaban J connectivity index is 2.01. The number of hydrogen-bond acceptors (Lipinski definition) is 4. The number of hydrogen-bond donors (Lipinski definition) is 1. The number of amides is 1. The maximum atomic E-state index is 12.3. The molecule has 2 rings (SSSR count). The first kappa shape index (κ1) is 15.7. The van der Waals surface area contributed by atoms with E-state index in [1.54, 1.807) is 35.1 Å². The van der Waals surface area contributed by atoms with Gasteiger partial charge in [0.1, 0.15) is 5.69 Å². The van der Waals surface area contributed by atoms with Crippen LogP contribution in [0.2, 0.25) is 0 Å². The molecule has 0 unspecified atom stereocenters. The second-order valence-corrected chi connectivity index (χ2v) is 5.15. The molecule has 2 aromatic heterocycles. The Morgan fingerprint density at radius 1 is 1.41 bits per heavy atom. The topological polar surface area (TPSA) is 93.2 Å². The summed E-state index contributed by atoms with van der Waals surface area (Å²) in [5, 5.41) is 16.9. The highest BCUT2D eigenvalue weighted by Gasteiger charge is 2.17. The molecule has 0 aliphatic carbocycles. The van der Waals surface area contributed by atoms with Crippen molar-refractivity contribution in [3.05, 3.63) is 35.4 Å². The first-order chi connectivity index (χ1) is 10.4. The monoisotopic (exact) mass is 305 g/mol. The van der Waals surface area contributed by atoms with Crippen molar-refractivity contribution in [1.82, 2.24) is 24.5 Å². The summed E-state index contributed by atoms with van der Waals surface area (Å²) in [7, 11) is 3.55. The standard InChI is InChI=1S/C14H19N5O3/c1-10-11(8-15-18(10)3)9-17(2)14(22)12-4-6-19(16-12)7-5-13(20)21/h4,6,8H,5,7,9H2,1-3H3,(H,20,21). The van der Waals surface area contributed by atoms with Crippen LogP contribution in [0.1, 0.15) is 28.2 Å². The average Bonchev–Trinajstić information content (AvgIpc) is 3.06. The van der Waals surface area contributed by atoms with Gasteiger partial charge < -0.3 is 10.0 Å². The number of carboxylic acids is 1. The molecule has 0 aromatic carbocycles. The van der Waals surface area contributed by atoms with Crippen molar-refractivity contribution < 1.29 is 14.7 Å². The van der Waals surface area contributed by atoms with Gasteiger partial charge >= 0.3 is 5.97 Å². The number of carbonyl (C=O) groups excluding carboxylic acids is 1. The van der Waals surface area contributed by atoms with Gasteiger partial charge in [0.15, 0.2) is 0 Å². The quantitative estimate of drug-likeness (QED) is 0.846. The Labute approximate surface area is 127 Å². The van der Waals surface area contributed by atoms with Crippen molar-refractivity contribution in [2.45, 2.75) is 26.4 Å². The zero-order chi connectivity index (χ0) is 16.3. The largest absolute Gasteiger partial charge is 0.481 e. The van der Waals surface area contributed by atoms with Crippen molar-refractivity contribution in [2.24, 2.45) is 7.05 Å². The third kappa shape index (κ3) is 3.51. The smallest absolute Gasteiger partial charge is 0.305 e. The molecule has 0 aliphatic heterocycles. The number of nitrogens with zero attached hydrogens (tertiary/aromatic N) is 5. The molecule has 0 aliphatic rings. The number of aryl methyl sites for hydroxylation is 2. The van der Waals surface area contributed by atoms with Crippen molar-refractivity contribution >= 4 is 11.9 Å². The fraction of sp³-hybridized carbons (Fsp3) is 0.429. The van der Waals surface area contributed by atoms with E-state index in [0.717, 1.165) is 11.3 Å². The molecule has 1 N–H and O–H groups in total. The van der Waals surface area contributed by atoms with Crippen LogP contribution in [0.4, 0.5) is 0 Å². The summed E-state index contributed by atoms with van der Waals surface area (Å²) in [5.41, 5.74) is 2.28. The third-order valence-electron chi connectivity index (χ3n) is 3.51. The minimum Gasteiger partial charge on any atom is -0.481 e. The lowest BCUT2D eigenvalue weighted by molar-refractivity contribution is -0.137.